The number of fused-ring (bicyclic) bond motifs is 1. The molecule has 0 atom stereocenters. The number of hydrogen-bond acceptors (Lipinski definition) is 3. The van der Waals surface area contributed by atoms with E-state index in [0.29, 0.717) is 11.3 Å². The lowest BCUT2D eigenvalue weighted by Crippen LogP contribution is -2.26. The molecule has 0 aliphatic rings. The normalized spacial score (nSPS) is 10.7. The highest BCUT2D eigenvalue weighted by Gasteiger charge is 2.14. The quantitative estimate of drug-likeness (QED) is 0.792. The third-order valence-corrected chi connectivity index (χ3v) is 3.75. The van der Waals surface area contributed by atoms with Crippen LogP contribution in [0.4, 0.5) is 5.69 Å². The Kier molecular flexibility index (Phi) is 3.70. The molecule has 2 heterocycles. The van der Waals surface area contributed by atoms with Gasteiger partial charge in [0.1, 0.15) is 11.2 Å². The number of benzene rings is 1. The lowest BCUT2D eigenvalue weighted by Gasteiger charge is -2.09. The topological polar surface area (TPSA) is 63.5 Å². The number of rotatable bonds is 2. The van der Waals surface area contributed by atoms with Crippen molar-refractivity contribution in [3.63, 3.8) is 0 Å². The second kappa shape index (κ2) is 5.68. The average molecular weight is 307 g/mol. The zero-order chi connectivity index (χ0) is 16.6. The van der Waals surface area contributed by atoms with E-state index in [9.17, 15) is 9.59 Å². The van der Waals surface area contributed by atoms with Crippen LogP contribution in [0.1, 0.15) is 27.0 Å². The van der Waals surface area contributed by atoms with Crippen molar-refractivity contribution in [1.82, 2.24) is 9.38 Å². The van der Waals surface area contributed by atoms with Crippen molar-refractivity contribution >= 4 is 17.2 Å². The Morgan fingerprint density at radius 2 is 1.83 bits per heavy atom. The molecule has 2 aromatic heterocycles. The number of nitrogens with zero attached hydrogens (tertiary/aromatic N) is 2. The van der Waals surface area contributed by atoms with Gasteiger partial charge in [-0.3, -0.25) is 14.0 Å². The van der Waals surface area contributed by atoms with E-state index in [2.05, 4.69) is 10.3 Å². The Morgan fingerprint density at radius 3 is 2.61 bits per heavy atom. The summed E-state index contributed by atoms with van der Waals surface area (Å²) in [6.07, 6.45) is 2.96. The number of anilines is 1. The fourth-order valence-corrected chi connectivity index (χ4v) is 2.39. The predicted molar refractivity (Wildman–Crippen MR) is 90.1 cm³/mol. The van der Waals surface area contributed by atoms with Crippen LogP contribution in [-0.2, 0) is 0 Å². The Labute approximate surface area is 133 Å². The van der Waals surface area contributed by atoms with Crippen molar-refractivity contribution in [3.8, 4) is 0 Å². The van der Waals surface area contributed by atoms with Crippen molar-refractivity contribution in [2.75, 3.05) is 5.32 Å². The molecule has 0 bridgehead atoms. The summed E-state index contributed by atoms with van der Waals surface area (Å²) in [4.78, 5) is 29.1. The summed E-state index contributed by atoms with van der Waals surface area (Å²) in [6.45, 7) is 5.78. The Hall–Kier alpha value is -2.95. The third-order valence-electron chi connectivity index (χ3n) is 3.75. The molecule has 0 spiro atoms. The first-order valence-corrected chi connectivity index (χ1v) is 7.32. The van der Waals surface area contributed by atoms with Crippen LogP contribution >= 0.6 is 0 Å². The number of carbonyl (C=O) groups excluding carboxylic acids is 1. The van der Waals surface area contributed by atoms with Gasteiger partial charge in [0.2, 0.25) is 0 Å². The van der Waals surface area contributed by atoms with E-state index in [-0.39, 0.29) is 11.1 Å². The summed E-state index contributed by atoms with van der Waals surface area (Å²) >= 11 is 0. The smallest absolute Gasteiger partial charge is 0.270 e. The second-order valence-corrected chi connectivity index (χ2v) is 5.68. The summed E-state index contributed by atoms with van der Waals surface area (Å²) < 4.78 is 1.38. The molecule has 116 valence electrons. The molecular formula is C18H17N3O2. The standard InChI is InChI=1S/C18H17N3O2/c1-11-4-5-13(3)15(8-11)20-17(22)14-10-19-16-9-12(2)6-7-21(16)18(14)23/h4-10H,1-3H3,(H,20,22). The van der Waals surface area contributed by atoms with E-state index >= 15 is 0 Å². The zero-order valence-corrected chi connectivity index (χ0v) is 13.3. The zero-order valence-electron chi connectivity index (χ0n) is 13.3. The lowest BCUT2D eigenvalue weighted by atomic mass is 10.1. The molecule has 0 saturated carbocycles. The van der Waals surface area contributed by atoms with Gasteiger partial charge < -0.3 is 5.32 Å². The van der Waals surface area contributed by atoms with Crippen LogP contribution < -0.4 is 10.9 Å². The largest absolute Gasteiger partial charge is 0.322 e. The Morgan fingerprint density at radius 1 is 1.09 bits per heavy atom. The highest BCUT2D eigenvalue weighted by Crippen LogP contribution is 2.17. The van der Waals surface area contributed by atoms with Crippen molar-refractivity contribution in [2.45, 2.75) is 20.8 Å². The molecule has 5 nitrogen and oxygen atoms in total. The van der Waals surface area contributed by atoms with E-state index in [0.717, 1.165) is 16.7 Å². The highest BCUT2D eigenvalue weighted by atomic mass is 16.2. The summed E-state index contributed by atoms with van der Waals surface area (Å²) in [6, 6.07) is 9.39. The van der Waals surface area contributed by atoms with Crippen LogP contribution in [0.15, 0.2) is 47.5 Å². The van der Waals surface area contributed by atoms with Crippen molar-refractivity contribution in [2.24, 2.45) is 0 Å². The number of hydrogen-bond donors (Lipinski definition) is 1. The minimum absolute atomic E-state index is 0.0206. The Bertz CT molecular complexity index is 974. The maximum absolute atomic E-state index is 12.5. The van der Waals surface area contributed by atoms with Gasteiger partial charge in [0.15, 0.2) is 0 Å². The average Bonchev–Trinajstić information content (AvgIpc) is 2.51. The molecule has 0 unspecified atom stereocenters. The molecule has 1 N–H and O–H groups in total. The van der Waals surface area contributed by atoms with Crippen molar-refractivity contribution in [1.29, 1.82) is 0 Å². The fraction of sp³-hybridized carbons (Fsp3) is 0.167. The maximum atomic E-state index is 12.5. The van der Waals surface area contributed by atoms with Crippen molar-refractivity contribution in [3.05, 3.63) is 75.3 Å². The SMILES string of the molecule is Cc1ccc(C)c(NC(=O)c2cnc3cc(C)ccn3c2=O)c1. The summed E-state index contributed by atoms with van der Waals surface area (Å²) in [5.74, 6) is -0.453. The molecule has 0 aliphatic heterocycles. The van der Waals surface area contributed by atoms with Gasteiger partial charge in [-0.2, -0.15) is 0 Å². The minimum atomic E-state index is -0.453. The third kappa shape index (κ3) is 2.85. The molecule has 3 rings (SSSR count). The molecule has 23 heavy (non-hydrogen) atoms. The number of amides is 1. The molecule has 1 amide bonds. The molecule has 0 aliphatic carbocycles. The minimum Gasteiger partial charge on any atom is -0.322 e. The van der Waals surface area contributed by atoms with Crippen LogP contribution in [0, 0.1) is 20.8 Å². The summed E-state index contributed by atoms with van der Waals surface area (Å²) in [5, 5.41) is 2.79. The lowest BCUT2D eigenvalue weighted by molar-refractivity contribution is 0.102. The van der Waals surface area contributed by atoms with Crippen LogP contribution in [0.25, 0.3) is 5.65 Å². The van der Waals surface area contributed by atoms with Gasteiger partial charge in [-0.25, -0.2) is 4.98 Å². The molecular weight excluding hydrogens is 290 g/mol. The van der Waals surface area contributed by atoms with E-state index in [1.807, 2.05) is 45.0 Å². The first-order chi connectivity index (χ1) is 11.0. The summed E-state index contributed by atoms with van der Waals surface area (Å²) in [5.41, 5.74) is 3.85. The number of pyridine rings is 1. The number of aryl methyl sites for hydroxylation is 3. The number of nitrogens with one attached hydrogen (secondary N) is 1. The fourth-order valence-electron chi connectivity index (χ4n) is 2.39. The molecule has 5 heteroatoms. The van der Waals surface area contributed by atoms with Crippen LogP contribution in [0.2, 0.25) is 0 Å². The maximum Gasteiger partial charge on any atom is 0.270 e. The Balaban J connectivity index is 2.01. The van der Waals surface area contributed by atoms with E-state index in [1.165, 1.54) is 10.6 Å². The first kappa shape index (κ1) is 15.0. The summed E-state index contributed by atoms with van der Waals surface area (Å²) in [7, 11) is 0. The predicted octanol–water partition coefficient (Wildman–Crippen LogP) is 2.87. The van der Waals surface area contributed by atoms with Gasteiger partial charge in [0.25, 0.3) is 11.5 Å². The van der Waals surface area contributed by atoms with Crippen LogP contribution in [0.5, 0.6) is 0 Å². The van der Waals surface area contributed by atoms with Gasteiger partial charge in [0.05, 0.1) is 0 Å². The monoisotopic (exact) mass is 307 g/mol. The van der Waals surface area contributed by atoms with Gasteiger partial charge in [0, 0.05) is 18.1 Å². The second-order valence-electron chi connectivity index (χ2n) is 5.68. The highest BCUT2D eigenvalue weighted by molar-refractivity contribution is 6.04. The number of aromatic nitrogens is 2. The van der Waals surface area contributed by atoms with Gasteiger partial charge in [-0.1, -0.05) is 12.1 Å². The van der Waals surface area contributed by atoms with Gasteiger partial charge in [-0.05, 0) is 55.7 Å². The molecule has 1 aromatic carbocycles. The van der Waals surface area contributed by atoms with Crippen LogP contribution in [0.3, 0.4) is 0 Å². The van der Waals surface area contributed by atoms with E-state index in [1.54, 1.807) is 12.3 Å². The van der Waals surface area contributed by atoms with E-state index in [4.69, 9.17) is 0 Å². The number of carbonyl (C=O) groups is 1. The van der Waals surface area contributed by atoms with E-state index < -0.39 is 5.91 Å². The molecule has 0 radical (unpaired) electrons. The van der Waals surface area contributed by atoms with Crippen LogP contribution in [-0.4, -0.2) is 15.3 Å². The van der Waals surface area contributed by atoms with Gasteiger partial charge >= 0.3 is 0 Å². The molecule has 3 aromatic rings. The van der Waals surface area contributed by atoms with Gasteiger partial charge in [-0.15, -0.1) is 0 Å². The molecule has 0 fully saturated rings. The molecule has 0 saturated heterocycles. The van der Waals surface area contributed by atoms with Crippen molar-refractivity contribution < 1.29 is 4.79 Å². The first-order valence-electron chi connectivity index (χ1n) is 7.32.